The number of hydrogen-bond donors (Lipinski definition) is 2. The molecule has 1 aromatic carbocycles. The summed E-state index contributed by atoms with van der Waals surface area (Å²) in [5, 5.41) is 12.2. The summed E-state index contributed by atoms with van der Waals surface area (Å²) >= 11 is 0. The summed E-state index contributed by atoms with van der Waals surface area (Å²) in [4.78, 5) is 23.1. The lowest BCUT2D eigenvalue weighted by atomic mass is 9.84. The number of carbonyl (C=O) groups is 2. The first-order valence-corrected chi connectivity index (χ1v) is 6.26. The average Bonchev–Trinajstić information content (AvgIpc) is 2.87. The number of ether oxygens (including phenoxy) is 1. The molecule has 102 valence electrons. The number of esters is 1. The van der Waals surface area contributed by atoms with Crippen LogP contribution in [0.2, 0.25) is 0 Å². The number of nitrogens with one attached hydrogen (secondary N) is 1. The van der Waals surface area contributed by atoms with Gasteiger partial charge in [0.05, 0.1) is 11.8 Å². The van der Waals surface area contributed by atoms with Crippen molar-refractivity contribution < 1.29 is 19.4 Å². The zero-order valence-corrected chi connectivity index (χ0v) is 10.6. The number of aliphatic carboxylic acids is 1. The number of carboxylic acids is 1. The van der Waals surface area contributed by atoms with Crippen LogP contribution in [0.1, 0.15) is 18.4 Å². The second kappa shape index (κ2) is 5.84. The van der Waals surface area contributed by atoms with Crippen molar-refractivity contribution in [2.45, 2.75) is 19.4 Å². The maximum Gasteiger partial charge on any atom is 0.311 e. The van der Waals surface area contributed by atoms with Gasteiger partial charge >= 0.3 is 11.9 Å². The number of hydrogen-bond acceptors (Lipinski definition) is 4. The zero-order chi connectivity index (χ0) is 13.7. The van der Waals surface area contributed by atoms with Crippen LogP contribution in [-0.2, 0) is 20.9 Å². The fourth-order valence-electron chi connectivity index (χ4n) is 2.22. The highest BCUT2D eigenvalue weighted by molar-refractivity contribution is 5.82. The second-order valence-electron chi connectivity index (χ2n) is 4.84. The molecule has 0 amide bonds. The Morgan fingerprint density at radius 1 is 1.32 bits per heavy atom. The molecule has 1 unspecified atom stereocenters. The molecule has 1 fully saturated rings. The minimum atomic E-state index is -1.01. The van der Waals surface area contributed by atoms with E-state index in [4.69, 9.17) is 4.74 Å². The van der Waals surface area contributed by atoms with E-state index in [0.717, 1.165) is 5.56 Å². The minimum Gasteiger partial charge on any atom is -0.481 e. The summed E-state index contributed by atoms with van der Waals surface area (Å²) in [6.07, 6.45) is 0.380. The SMILES string of the molecule is O=C(CC1(C(=O)O)CCNC1)OCc1ccccc1. The van der Waals surface area contributed by atoms with Gasteiger partial charge in [0, 0.05) is 6.54 Å². The molecule has 1 aromatic rings. The average molecular weight is 263 g/mol. The Hall–Kier alpha value is -1.88. The Balaban J connectivity index is 1.88. The van der Waals surface area contributed by atoms with Gasteiger partial charge in [0.25, 0.3) is 0 Å². The van der Waals surface area contributed by atoms with E-state index < -0.39 is 17.4 Å². The number of carbonyl (C=O) groups excluding carboxylic acids is 1. The van der Waals surface area contributed by atoms with E-state index in [0.29, 0.717) is 19.5 Å². The topological polar surface area (TPSA) is 75.6 Å². The molecular formula is C14H17NO4. The van der Waals surface area contributed by atoms with E-state index in [1.54, 1.807) is 0 Å². The van der Waals surface area contributed by atoms with Crippen LogP contribution in [0.3, 0.4) is 0 Å². The molecule has 0 spiro atoms. The molecule has 0 aromatic heterocycles. The zero-order valence-electron chi connectivity index (χ0n) is 10.6. The molecule has 1 saturated heterocycles. The molecule has 1 atom stereocenters. The highest BCUT2D eigenvalue weighted by atomic mass is 16.5. The highest BCUT2D eigenvalue weighted by Crippen LogP contribution is 2.30. The lowest BCUT2D eigenvalue weighted by Crippen LogP contribution is -2.36. The van der Waals surface area contributed by atoms with E-state index in [-0.39, 0.29) is 13.0 Å². The van der Waals surface area contributed by atoms with Crippen LogP contribution in [0, 0.1) is 5.41 Å². The van der Waals surface area contributed by atoms with Gasteiger partial charge in [0.2, 0.25) is 0 Å². The van der Waals surface area contributed by atoms with Crippen LogP contribution in [0.4, 0.5) is 0 Å². The summed E-state index contributed by atoms with van der Waals surface area (Å²) in [6.45, 7) is 1.13. The Kier molecular flexibility index (Phi) is 4.16. The molecule has 2 N–H and O–H groups in total. The molecule has 1 aliphatic rings. The van der Waals surface area contributed by atoms with E-state index in [1.807, 2.05) is 30.3 Å². The predicted molar refractivity (Wildman–Crippen MR) is 68.4 cm³/mol. The normalized spacial score (nSPS) is 22.1. The van der Waals surface area contributed by atoms with Gasteiger partial charge in [-0.25, -0.2) is 0 Å². The molecule has 5 heteroatoms. The van der Waals surface area contributed by atoms with Crippen molar-refractivity contribution in [1.29, 1.82) is 0 Å². The fraction of sp³-hybridized carbons (Fsp3) is 0.429. The van der Waals surface area contributed by atoms with Crippen molar-refractivity contribution in [3.05, 3.63) is 35.9 Å². The third-order valence-electron chi connectivity index (χ3n) is 3.42. The van der Waals surface area contributed by atoms with Gasteiger partial charge in [-0.05, 0) is 18.5 Å². The van der Waals surface area contributed by atoms with Crippen LogP contribution in [0.25, 0.3) is 0 Å². The number of benzene rings is 1. The van der Waals surface area contributed by atoms with E-state index in [1.165, 1.54) is 0 Å². The maximum atomic E-state index is 11.8. The molecule has 2 rings (SSSR count). The molecule has 0 saturated carbocycles. The predicted octanol–water partition coefficient (Wildman–Crippen LogP) is 1.18. The van der Waals surface area contributed by atoms with Gasteiger partial charge in [-0.15, -0.1) is 0 Å². The summed E-state index contributed by atoms with van der Waals surface area (Å²) in [5.41, 5.74) is -0.113. The number of rotatable bonds is 5. The van der Waals surface area contributed by atoms with Crippen LogP contribution in [0.5, 0.6) is 0 Å². The van der Waals surface area contributed by atoms with Crippen molar-refractivity contribution in [3.63, 3.8) is 0 Å². The standard InChI is InChI=1S/C14H17NO4/c16-12(19-9-11-4-2-1-3-5-11)8-14(13(17)18)6-7-15-10-14/h1-5,15H,6-10H2,(H,17,18). The molecule has 19 heavy (non-hydrogen) atoms. The van der Waals surface area contributed by atoms with Gasteiger partial charge in [0.1, 0.15) is 6.61 Å². The molecule has 1 heterocycles. The largest absolute Gasteiger partial charge is 0.481 e. The van der Waals surface area contributed by atoms with Gasteiger partial charge < -0.3 is 15.2 Å². The van der Waals surface area contributed by atoms with Crippen molar-refractivity contribution in [1.82, 2.24) is 5.32 Å². The summed E-state index contributed by atoms with van der Waals surface area (Å²) < 4.78 is 5.14. The molecule has 1 aliphatic heterocycles. The van der Waals surface area contributed by atoms with Crippen molar-refractivity contribution in [2.24, 2.45) is 5.41 Å². The van der Waals surface area contributed by atoms with Gasteiger partial charge in [0.15, 0.2) is 0 Å². The van der Waals surface area contributed by atoms with Crippen LogP contribution >= 0.6 is 0 Å². The van der Waals surface area contributed by atoms with Crippen molar-refractivity contribution in [3.8, 4) is 0 Å². The molecular weight excluding hydrogens is 246 g/mol. The molecule has 0 bridgehead atoms. The lowest BCUT2D eigenvalue weighted by molar-refractivity contribution is -0.157. The summed E-state index contributed by atoms with van der Waals surface area (Å²) in [5.74, 6) is -1.40. The number of carboxylic acid groups (broad SMARTS) is 1. The third-order valence-corrected chi connectivity index (χ3v) is 3.42. The van der Waals surface area contributed by atoms with E-state index >= 15 is 0 Å². The quantitative estimate of drug-likeness (QED) is 0.780. The first-order chi connectivity index (χ1) is 9.12. The Bertz CT molecular complexity index is 452. The summed E-state index contributed by atoms with van der Waals surface area (Å²) in [6, 6.07) is 9.33. The van der Waals surface area contributed by atoms with Gasteiger partial charge in [-0.3, -0.25) is 9.59 Å². The van der Waals surface area contributed by atoms with E-state index in [2.05, 4.69) is 5.32 Å². The highest BCUT2D eigenvalue weighted by Gasteiger charge is 2.43. The minimum absolute atomic E-state index is 0.0812. The Labute approximate surface area is 111 Å². The lowest BCUT2D eigenvalue weighted by Gasteiger charge is -2.21. The van der Waals surface area contributed by atoms with Crippen molar-refractivity contribution >= 4 is 11.9 Å². The Morgan fingerprint density at radius 2 is 2.05 bits per heavy atom. The van der Waals surface area contributed by atoms with Crippen LogP contribution in [0.15, 0.2) is 30.3 Å². The second-order valence-corrected chi connectivity index (χ2v) is 4.84. The monoisotopic (exact) mass is 263 g/mol. The Morgan fingerprint density at radius 3 is 2.63 bits per heavy atom. The smallest absolute Gasteiger partial charge is 0.311 e. The third kappa shape index (κ3) is 3.32. The molecule has 0 aliphatic carbocycles. The van der Waals surface area contributed by atoms with Crippen LogP contribution < -0.4 is 5.32 Å². The first-order valence-electron chi connectivity index (χ1n) is 6.26. The summed E-state index contributed by atoms with van der Waals surface area (Å²) in [7, 11) is 0. The van der Waals surface area contributed by atoms with E-state index in [9.17, 15) is 14.7 Å². The van der Waals surface area contributed by atoms with Gasteiger partial charge in [-0.2, -0.15) is 0 Å². The first kappa shape index (κ1) is 13.5. The van der Waals surface area contributed by atoms with Crippen molar-refractivity contribution in [2.75, 3.05) is 13.1 Å². The molecule has 0 radical (unpaired) electrons. The molecule has 5 nitrogen and oxygen atoms in total. The van der Waals surface area contributed by atoms with Gasteiger partial charge in [-0.1, -0.05) is 30.3 Å². The van der Waals surface area contributed by atoms with Crippen LogP contribution in [-0.4, -0.2) is 30.1 Å². The maximum absolute atomic E-state index is 11.8. The fourth-order valence-corrected chi connectivity index (χ4v) is 2.22.